The van der Waals surface area contributed by atoms with Crippen LogP contribution >= 0.6 is 0 Å². The molecule has 5 N–H and O–H groups in total. The normalized spacial score (nSPS) is 11.3. The van der Waals surface area contributed by atoms with Gasteiger partial charge in [-0.25, -0.2) is 18.1 Å². The monoisotopic (exact) mass is 418 g/mol. The highest BCUT2D eigenvalue weighted by atomic mass is 32.2. The number of anilines is 1. The van der Waals surface area contributed by atoms with Crippen molar-refractivity contribution in [2.75, 3.05) is 18.4 Å². The standard InChI is InChI=1S/C17H18N6O5S/c1-10(24)18-5-6-22-29(27,28)12-4-2-3-11(7-12)23-16(25)13-8-19-15-14(13)17(26)21-9-20-15/h2-4,7-9,22H,5-6H2,1H3,(H,18,24)(H,23,25)(H2,19,20,21,26). The molecule has 0 aliphatic rings. The Bertz CT molecular complexity index is 1230. The van der Waals surface area contributed by atoms with E-state index in [0.717, 1.165) is 0 Å². The number of nitrogens with one attached hydrogen (secondary N) is 5. The number of carbonyl (C=O) groups excluding carboxylic acids is 2. The number of aromatic amines is 2. The van der Waals surface area contributed by atoms with E-state index in [-0.39, 0.29) is 46.2 Å². The van der Waals surface area contributed by atoms with Crippen molar-refractivity contribution >= 4 is 38.6 Å². The lowest BCUT2D eigenvalue weighted by Gasteiger charge is -2.09. The number of nitrogens with zero attached hydrogens (tertiary/aromatic N) is 1. The lowest BCUT2D eigenvalue weighted by atomic mass is 10.2. The lowest BCUT2D eigenvalue weighted by molar-refractivity contribution is -0.118. The molecular formula is C17H18N6O5S. The molecule has 29 heavy (non-hydrogen) atoms. The van der Waals surface area contributed by atoms with E-state index in [1.54, 1.807) is 0 Å². The molecule has 0 spiro atoms. The van der Waals surface area contributed by atoms with Gasteiger partial charge in [0.2, 0.25) is 15.9 Å². The molecule has 11 nitrogen and oxygen atoms in total. The lowest BCUT2D eigenvalue weighted by Crippen LogP contribution is -2.33. The maximum absolute atomic E-state index is 12.6. The van der Waals surface area contributed by atoms with Gasteiger partial charge in [0.05, 0.1) is 22.2 Å². The zero-order valence-electron chi connectivity index (χ0n) is 15.3. The molecular weight excluding hydrogens is 400 g/mol. The van der Waals surface area contributed by atoms with Crippen LogP contribution in [-0.2, 0) is 14.8 Å². The van der Waals surface area contributed by atoms with Gasteiger partial charge in [-0.3, -0.25) is 14.4 Å². The van der Waals surface area contributed by atoms with E-state index in [4.69, 9.17) is 0 Å². The highest BCUT2D eigenvalue weighted by molar-refractivity contribution is 7.89. The van der Waals surface area contributed by atoms with E-state index in [1.807, 2.05) is 0 Å². The van der Waals surface area contributed by atoms with Crippen molar-refractivity contribution in [3.05, 3.63) is 52.7 Å². The molecule has 0 radical (unpaired) electrons. The van der Waals surface area contributed by atoms with Crippen LogP contribution < -0.4 is 20.9 Å². The van der Waals surface area contributed by atoms with Gasteiger partial charge >= 0.3 is 0 Å². The Hall–Kier alpha value is -3.51. The molecule has 0 saturated heterocycles. The minimum Gasteiger partial charge on any atom is -0.355 e. The van der Waals surface area contributed by atoms with Crippen molar-refractivity contribution in [2.24, 2.45) is 0 Å². The number of amides is 2. The molecule has 3 aromatic rings. The number of sulfonamides is 1. The number of rotatable bonds is 7. The second-order valence-corrected chi connectivity index (χ2v) is 7.79. The smallest absolute Gasteiger partial charge is 0.261 e. The summed E-state index contributed by atoms with van der Waals surface area (Å²) in [6, 6.07) is 5.65. The van der Waals surface area contributed by atoms with Gasteiger partial charge in [-0.05, 0) is 18.2 Å². The Morgan fingerprint density at radius 3 is 2.72 bits per heavy atom. The second-order valence-electron chi connectivity index (χ2n) is 6.02. The first kappa shape index (κ1) is 20.2. The maximum atomic E-state index is 12.6. The number of fused-ring (bicyclic) bond motifs is 1. The Morgan fingerprint density at radius 2 is 1.97 bits per heavy atom. The fraction of sp³-hybridized carbons (Fsp3) is 0.176. The summed E-state index contributed by atoms with van der Waals surface area (Å²) < 4.78 is 27.1. The van der Waals surface area contributed by atoms with Crippen LogP contribution in [0.25, 0.3) is 11.0 Å². The molecule has 2 amide bonds. The van der Waals surface area contributed by atoms with E-state index >= 15 is 0 Å². The molecule has 12 heteroatoms. The van der Waals surface area contributed by atoms with E-state index in [0.29, 0.717) is 0 Å². The minimum atomic E-state index is -3.84. The molecule has 0 saturated carbocycles. The minimum absolute atomic E-state index is 0.0175. The van der Waals surface area contributed by atoms with Crippen LogP contribution in [0.5, 0.6) is 0 Å². The number of hydrogen-bond donors (Lipinski definition) is 5. The van der Waals surface area contributed by atoms with E-state index < -0.39 is 21.5 Å². The first-order valence-electron chi connectivity index (χ1n) is 8.48. The largest absolute Gasteiger partial charge is 0.355 e. The molecule has 0 aliphatic carbocycles. The number of hydrogen-bond acceptors (Lipinski definition) is 6. The molecule has 0 fully saturated rings. The van der Waals surface area contributed by atoms with Crippen molar-refractivity contribution in [1.82, 2.24) is 25.0 Å². The molecule has 1 aromatic carbocycles. The van der Waals surface area contributed by atoms with Gasteiger partial charge < -0.3 is 20.6 Å². The van der Waals surface area contributed by atoms with E-state index in [9.17, 15) is 22.8 Å². The van der Waals surface area contributed by atoms with Crippen LogP contribution in [0.3, 0.4) is 0 Å². The van der Waals surface area contributed by atoms with Crippen LogP contribution in [-0.4, -0.2) is 48.3 Å². The third-order valence-electron chi connectivity index (χ3n) is 3.91. The molecule has 0 unspecified atom stereocenters. The van der Waals surface area contributed by atoms with Gasteiger partial charge in [-0.15, -0.1) is 0 Å². The number of H-pyrrole nitrogens is 2. The molecule has 0 atom stereocenters. The van der Waals surface area contributed by atoms with Crippen molar-refractivity contribution in [3.63, 3.8) is 0 Å². The summed E-state index contributed by atoms with van der Waals surface area (Å²) in [5.74, 6) is -0.858. The Labute approximate surface area is 165 Å². The van der Waals surface area contributed by atoms with Crippen LogP contribution in [0, 0.1) is 0 Å². The number of carbonyl (C=O) groups is 2. The van der Waals surface area contributed by atoms with Crippen molar-refractivity contribution in [1.29, 1.82) is 0 Å². The highest BCUT2D eigenvalue weighted by Gasteiger charge is 2.18. The summed E-state index contributed by atoms with van der Waals surface area (Å²) in [6.45, 7) is 1.50. The van der Waals surface area contributed by atoms with Crippen LogP contribution in [0.15, 0.2) is 46.5 Å². The van der Waals surface area contributed by atoms with Gasteiger partial charge in [0.1, 0.15) is 5.65 Å². The maximum Gasteiger partial charge on any atom is 0.261 e. The average Bonchev–Trinajstić information content (AvgIpc) is 3.11. The third kappa shape index (κ3) is 4.67. The molecule has 3 rings (SSSR count). The number of aromatic nitrogens is 3. The Kier molecular flexibility index (Phi) is 5.75. The Morgan fingerprint density at radius 1 is 1.17 bits per heavy atom. The van der Waals surface area contributed by atoms with E-state index in [2.05, 4.69) is 30.3 Å². The predicted octanol–water partition coefficient (Wildman–Crippen LogP) is -0.0821. The molecule has 0 aliphatic heterocycles. The summed E-state index contributed by atoms with van der Waals surface area (Å²) in [6.07, 6.45) is 2.57. The zero-order valence-corrected chi connectivity index (χ0v) is 16.1. The quantitative estimate of drug-likeness (QED) is 0.337. The fourth-order valence-corrected chi connectivity index (χ4v) is 3.67. The third-order valence-corrected chi connectivity index (χ3v) is 5.37. The number of benzene rings is 1. The molecule has 0 bridgehead atoms. The van der Waals surface area contributed by atoms with Crippen LogP contribution in [0.4, 0.5) is 5.69 Å². The molecule has 2 aromatic heterocycles. The van der Waals surface area contributed by atoms with Crippen molar-refractivity contribution in [3.8, 4) is 0 Å². The van der Waals surface area contributed by atoms with Gasteiger partial charge in [0.15, 0.2) is 0 Å². The summed E-state index contributed by atoms with van der Waals surface area (Å²) in [4.78, 5) is 44.4. The SMILES string of the molecule is CC(=O)NCCNS(=O)(=O)c1cccc(NC(=O)c2c[nH]c3nc[nH]c(=O)c23)c1. The van der Waals surface area contributed by atoms with Crippen molar-refractivity contribution < 1.29 is 18.0 Å². The van der Waals surface area contributed by atoms with Crippen molar-refractivity contribution in [2.45, 2.75) is 11.8 Å². The first-order valence-corrected chi connectivity index (χ1v) is 9.96. The van der Waals surface area contributed by atoms with Crippen LogP contribution in [0.2, 0.25) is 0 Å². The first-order chi connectivity index (χ1) is 13.8. The summed E-state index contributed by atoms with van der Waals surface area (Å²) >= 11 is 0. The van der Waals surface area contributed by atoms with Gasteiger partial charge in [0, 0.05) is 31.9 Å². The fourth-order valence-electron chi connectivity index (χ4n) is 2.60. The van der Waals surface area contributed by atoms with Crippen LogP contribution in [0.1, 0.15) is 17.3 Å². The molecule has 152 valence electrons. The Balaban J connectivity index is 1.76. The topological polar surface area (TPSA) is 166 Å². The zero-order chi connectivity index (χ0) is 21.0. The van der Waals surface area contributed by atoms with Gasteiger partial charge in [0.25, 0.3) is 11.5 Å². The van der Waals surface area contributed by atoms with E-state index in [1.165, 1.54) is 43.7 Å². The average molecular weight is 418 g/mol. The molecule has 2 heterocycles. The summed E-state index contributed by atoms with van der Waals surface area (Å²) in [5, 5.41) is 5.16. The second kappa shape index (κ2) is 8.24. The summed E-state index contributed by atoms with van der Waals surface area (Å²) in [7, 11) is -3.84. The highest BCUT2D eigenvalue weighted by Crippen LogP contribution is 2.18. The van der Waals surface area contributed by atoms with Gasteiger partial charge in [-0.2, -0.15) is 0 Å². The predicted molar refractivity (Wildman–Crippen MR) is 105 cm³/mol. The summed E-state index contributed by atoms with van der Waals surface area (Å²) in [5.41, 5.74) is 0.102. The van der Waals surface area contributed by atoms with Gasteiger partial charge in [-0.1, -0.05) is 6.07 Å².